The minimum atomic E-state index is 0.503. The molecular formula is C23H27N3O4. The van der Waals surface area contributed by atoms with Gasteiger partial charge in [0.2, 0.25) is 5.75 Å². The normalized spacial score (nSPS) is 14.6. The van der Waals surface area contributed by atoms with Gasteiger partial charge in [-0.15, -0.1) is 5.10 Å². The van der Waals surface area contributed by atoms with Crippen LogP contribution in [0.2, 0.25) is 0 Å². The Balaban J connectivity index is 1.64. The number of fused-ring (bicyclic) bond motifs is 1. The van der Waals surface area contributed by atoms with Crippen molar-refractivity contribution >= 4 is 16.6 Å². The largest absolute Gasteiger partial charge is 0.497 e. The molecule has 0 amide bonds. The number of aromatic nitrogens is 2. The lowest BCUT2D eigenvalue weighted by Crippen LogP contribution is -2.33. The van der Waals surface area contributed by atoms with Crippen molar-refractivity contribution in [2.24, 2.45) is 0 Å². The zero-order chi connectivity index (χ0) is 21.1. The van der Waals surface area contributed by atoms with E-state index in [-0.39, 0.29) is 0 Å². The number of hydrogen-bond acceptors (Lipinski definition) is 7. The third-order valence-electron chi connectivity index (χ3n) is 5.81. The van der Waals surface area contributed by atoms with Gasteiger partial charge >= 0.3 is 0 Å². The van der Waals surface area contributed by atoms with Crippen LogP contribution >= 0.6 is 0 Å². The number of nitrogens with zero attached hydrogens (tertiary/aromatic N) is 3. The first-order chi connectivity index (χ1) is 14.7. The summed E-state index contributed by atoms with van der Waals surface area (Å²) in [6, 6.07) is 10.3. The number of ether oxygens (including phenoxy) is 4. The first-order valence-electron chi connectivity index (χ1n) is 10.0. The van der Waals surface area contributed by atoms with E-state index in [4.69, 9.17) is 18.9 Å². The van der Waals surface area contributed by atoms with Crippen molar-refractivity contribution in [2.45, 2.75) is 18.8 Å². The Morgan fingerprint density at radius 3 is 2.30 bits per heavy atom. The molecule has 3 aromatic rings. The van der Waals surface area contributed by atoms with Crippen LogP contribution in [0.1, 0.15) is 24.3 Å². The van der Waals surface area contributed by atoms with Crippen molar-refractivity contribution in [1.29, 1.82) is 0 Å². The van der Waals surface area contributed by atoms with Gasteiger partial charge in [0.15, 0.2) is 17.3 Å². The van der Waals surface area contributed by atoms with Crippen LogP contribution < -0.4 is 23.8 Å². The standard InChI is InChI=1S/C23H27N3O4/c1-27-17-7-5-6-16(12-17)15-8-10-26(11-9-15)23-18-13-20(28-2)22(30-4)21(29-3)19(18)14-24-25-23/h5-7,12-15H,8-11H2,1-4H3. The molecule has 0 atom stereocenters. The maximum absolute atomic E-state index is 5.63. The summed E-state index contributed by atoms with van der Waals surface area (Å²) in [5, 5.41) is 10.5. The second kappa shape index (κ2) is 8.65. The summed E-state index contributed by atoms with van der Waals surface area (Å²) < 4.78 is 22.1. The summed E-state index contributed by atoms with van der Waals surface area (Å²) in [6.45, 7) is 1.79. The molecule has 7 heteroatoms. The SMILES string of the molecule is COc1cccc(C2CCN(c3nncc4c(OC)c(OC)c(OC)cc34)CC2)c1. The molecule has 1 aliphatic heterocycles. The average Bonchev–Trinajstić information content (AvgIpc) is 2.82. The molecule has 158 valence electrons. The highest BCUT2D eigenvalue weighted by molar-refractivity contribution is 5.99. The second-order valence-corrected chi connectivity index (χ2v) is 7.31. The number of rotatable bonds is 6. The molecule has 4 rings (SSSR count). The molecule has 0 bridgehead atoms. The minimum absolute atomic E-state index is 0.503. The van der Waals surface area contributed by atoms with Crippen LogP contribution in [0.4, 0.5) is 5.82 Å². The lowest BCUT2D eigenvalue weighted by Gasteiger charge is -2.33. The van der Waals surface area contributed by atoms with Gasteiger partial charge in [-0.1, -0.05) is 12.1 Å². The summed E-state index contributed by atoms with van der Waals surface area (Å²) in [5.74, 6) is 4.03. The molecule has 0 unspecified atom stereocenters. The van der Waals surface area contributed by atoms with E-state index in [2.05, 4.69) is 33.3 Å². The molecular weight excluding hydrogens is 382 g/mol. The Labute approximate surface area is 176 Å². The third kappa shape index (κ3) is 3.56. The molecule has 1 saturated heterocycles. The molecule has 0 radical (unpaired) electrons. The lowest BCUT2D eigenvalue weighted by molar-refractivity contribution is 0.327. The summed E-state index contributed by atoms with van der Waals surface area (Å²) >= 11 is 0. The summed E-state index contributed by atoms with van der Waals surface area (Å²) in [7, 11) is 6.55. The van der Waals surface area contributed by atoms with Gasteiger partial charge in [0.05, 0.1) is 40.0 Å². The fourth-order valence-corrected chi connectivity index (χ4v) is 4.24. The smallest absolute Gasteiger partial charge is 0.204 e. The van der Waals surface area contributed by atoms with Crippen molar-refractivity contribution < 1.29 is 18.9 Å². The number of benzene rings is 2. The fraction of sp³-hybridized carbons (Fsp3) is 0.391. The number of methoxy groups -OCH3 is 4. The molecule has 0 saturated carbocycles. The highest BCUT2D eigenvalue weighted by atomic mass is 16.5. The topological polar surface area (TPSA) is 65.9 Å². The molecule has 1 aliphatic rings. The Bertz CT molecular complexity index is 1030. The van der Waals surface area contributed by atoms with Gasteiger partial charge in [-0.25, -0.2) is 0 Å². The fourth-order valence-electron chi connectivity index (χ4n) is 4.24. The maximum Gasteiger partial charge on any atom is 0.204 e. The zero-order valence-electron chi connectivity index (χ0n) is 17.8. The molecule has 1 aromatic heterocycles. The van der Waals surface area contributed by atoms with E-state index in [1.807, 2.05) is 12.1 Å². The highest BCUT2D eigenvalue weighted by Gasteiger charge is 2.25. The van der Waals surface area contributed by atoms with Crippen molar-refractivity contribution in [1.82, 2.24) is 10.2 Å². The predicted octanol–water partition coefficient (Wildman–Crippen LogP) is 4.05. The monoisotopic (exact) mass is 409 g/mol. The highest BCUT2D eigenvalue weighted by Crippen LogP contribution is 2.45. The van der Waals surface area contributed by atoms with Crippen molar-refractivity contribution in [3.05, 3.63) is 42.1 Å². The van der Waals surface area contributed by atoms with E-state index >= 15 is 0 Å². The van der Waals surface area contributed by atoms with Gasteiger partial charge in [-0.05, 0) is 42.5 Å². The van der Waals surface area contributed by atoms with E-state index in [1.54, 1.807) is 34.6 Å². The quantitative estimate of drug-likeness (QED) is 0.608. The maximum atomic E-state index is 5.63. The van der Waals surface area contributed by atoms with E-state index in [0.29, 0.717) is 23.2 Å². The Kier molecular flexibility index (Phi) is 5.79. The van der Waals surface area contributed by atoms with E-state index < -0.39 is 0 Å². The first kappa shape index (κ1) is 20.1. The Morgan fingerprint density at radius 1 is 0.867 bits per heavy atom. The molecule has 0 aliphatic carbocycles. The summed E-state index contributed by atoms with van der Waals surface area (Å²) in [4.78, 5) is 2.29. The molecule has 7 nitrogen and oxygen atoms in total. The van der Waals surface area contributed by atoms with Crippen molar-refractivity contribution in [3.8, 4) is 23.0 Å². The van der Waals surface area contributed by atoms with Gasteiger partial charge in [-0.3, -0.25) is 0 Å². The summed E-state index contributed by atoms with van der Waals surface area (Å²) in [6.07, 6.45) is 3.79. The van der Waals surface area contributed by atoms with E-state index in [1.165, 1.54) is 5.56 Å². The molecule has 2 aromatic carbocycles. The van der Waals surface area contributed by atoms with Crippen molar-refractivity contribution in [2.75, 3.05) is 46.4 Å². The number of piperidine rings is 1. The Hall–Kier alpha value is -3.22. The Morgan fingerprint density at radius 2 is 1.63 bits per heavy atom. The average molecular weight is 409 g/mol. The number of hydrogen-bond donors (Lipinski definition) is 0. The lowest BCUT2D eigenvalue weighted by atomic mass is 9.89. The van der Waals surface area contributed by atoms with E-state index in [0.717, 1.165) is 48.3 Å². The minimum Gasteiger partial charge on any atom is -0.497 e. The van der Waals surface area contributed by atoms with Crippen LogP contribution in [-0.4, -0.2) is 51.7 Å². The third-order valence-corrected chi connectivity index (χ3v) is 5.81. The first-order valence-corrected chi connectivity index (χ1v) is 10.0. The van der Waals surface area contributed by atoms with Gasteiger partial charge in [0, 0.05) is 18.5 Å². The van der Waals surface area contributed by atoms with Gasteiger partial charge in [-0.2, -0.15) is 5.10 Å². The molecule has 0 N–H and O–H groups in total. The zero-order valence-corrected chi connectivity index (χ0v) is 17.8. The van der Waals surface area contributed by atoms with Gasteiger partial charge < -0.3 is 23.8 Å². The van der Waals surface area contributed by atoms with Crippen LogP contribution in [0, 0.1) is 0 Å². The second-order valence-electron chi connectivity index (χ2n) is 7.31. The van der Waals surface area contributed by atoms with Crippen LogP contribution in [0.5, 0.6) is 23.0 Å². The molecule has 30 heavy (non-hydrogen) atoms. The van der Waals surface area contributed by atoms with Crippen LogP contribution in [0.3, 0.4) is 0 Å². The van der Waals surface area contributed by atoms with Crippen LogP contribution in [0.15, 0.2) is 36.5 Å². The van der Waals surface area contributed by atoms with Gasteiger partial charge in [0.25, 0.3) is 0 Å². The van der Waals surface area contributed by atoms with Gasteiger partial charge in [0.1, 0.15) is 5.75 Å². The van der Waals surface area contributed by atoms with Crippen LogP contribution in [0.25, 0.3) is 10.8 Å². The predicted molar refractivity (Wildman–Crippen MR) is 116 cm³/mol. The molecule has 2 heterocycles. The van der Waals surface area contributed by atoms with Crippen LogP contribution in [-0.2, 0) is 0 Å². The van der Waals surface area contributed by atoms with Crippen molar-refractivity contribution in [3.63, 3.8) is 0 Å². The summed E-state index contributed by atoms with van der Waals surface area (Å²) in [5.41, 5.74) is 1.33. The molecule has 0 spiro atoms. The van der Waals surface area contributed by atoms with E-state index in [9.17, 15) is 0 Å². The number of anilines is 1. The molecule has 1 fully saturated rings.